The van der Waals surface area contributed by atoms with E-state index >= 15 is 0 Å². The number of carbonyl (C=O) groups is 1. The van der Waals surface area contributed by atoms with Crippen molar-refractivity contribution in [2.45, 2.75) is 32.6 Å². The number of ketones is 1. The second-order valence-electron chi connectivity index (χ2n) is 4.99. The molecule has 0 spiro atoms. The highest BCUT2D eigenvalue weighted by Gasteiger charge is 2.08. The topological polar surface area (TPSA) is 17.1 Å². The number of hydrogen-bond acceptors (Lipinski definition) is 1. The molecule has 0 radical (unpaired) electrons. The third kappa shape index (κ3) is 4.04. The first-order valence-corrected chi connectivity index (χ1v) is 7.89. The molecule has 0 aromatic heterocycles. The molecule has 0 atom stereocenters. The Labute approximate surface area is 129 Å². The smallest absolute Gasteiger partial charge is 0.193 e. The Morgan fingerprint density at radius 2 is 1.45 bits per heavy atom. The number of carbonyl (C=O) groups excluding carboxylic acids is 1. The van der Waals surface area contributed by atoms with Crippen molar-refractivity contribution in [2.75, 3.05) is 0 Å². The predicted molar refractivity (Wildman–Crippen MR) is 87.2 cm³/mol. The van der Waals surface area contributed by atoms with Crippen LogP contribution in [0.5, 0.6) is 0 Å². The number of unbranched alkanes of at least 4 members (excludes halogenated alkanes) is 2. The van der Waals surface area contributed by atoms with Crippen molar-refractivity contribution in [1.82, 2.24) is 0 Å². The van der Waals surface area contributed by atoms with Gasteiger partial charge >= 0.3 is 0 Å². The zero-order valence-electron chi connectivity index (χ0n) is 11.7. The molecule has 2 rings (SSSR count). The van der Waals surface area contributed by atoms with Crippen LogP contribution in [0, 0.1) is 0 Å². The van der Waals surface area contributed by atoms with E-state index in [1.807, 2.05) is 36.4 Å². The summed E-state index contributed by atoms with van der Waals surface area (Å²) in [5, 5.41) is 0. The molecule has 0 N–H and O–H groups in total. The van der Waals surface area contributed by atoms with Gasteiger partial charge in [-0.15, -0.1) is 0 Å². The van der Waals surface area contributed by atoms with E-state index in [4.69, 9.17) is 0 Å². The summed E-state index contributed by atoms with van der Waals surface area (Å²) in [5.74, 6) is 0.0811. The van der Waals surface area contributed by atoms with Gasteiger partial charge in [-0.3, -0.25) is 4.79 Å². The molecule has 0 saturated heterocycles. The predicted octanol–water partition coefficient (Wildman–Crippen LogP) is 5.41. The lowest BCUT2D eigenvalue weighted by Crippen LogP contribution is -2.01. The number of hydrogen-bond donors (Lipinski definition) is 0. The summed E-state index contributed by atoms with van der Waals surface area (Å²) >= 11 is 3.38. The molecule has 0 unspecified atom stereocenters. The van der Waals surface area contributed by atoms with Crippen LogP contribution in [0.15, 0.2) is 53.0 Å². The van der Waals surface area contributed by atoms with E-state index in [2.05, 4.69) is 35.0 Å². The van der Waals surface area contributed by atoms with Crippen LogP contribution in [0.25, 0.3) is 0 Å². The fourth-order valence-electron chi connectivity index (χ4n) is 2.17. The lowest BCUT2D eigenvalue weighted by molar-refractivity contribution is 0.103. The maximum atomic E-state index is 12.3. The van der Waals surface area contributed by atoms with Gasteiger partial charge in [-0.2, -0.15) is 0 Å². The SMILES string of the molecule is CCCCCc1ccc(C(=O)c2ccc(Br)cc2)cc1. The summed E-state index contributed by atoms with van der Waals surface area (Å²) in [6, 6.07) is 15.5. The average molecular weight is 331 g/mol. The molecule has 2 aromatic rings. The lowest BCUT2D eigenvalue weighted by atomic mass is 10.0. The van der Waals surface area contributed by atoms with E-state index in [-0.39, 0.29) is 5.78 Å². The summed E-state index contributed by atoms with van der Waals surface area (Å²) in [4.78, 5) is 12.3. The van der Waals surface area contributed by atoms with Crippen molar-refractivity contribution < 1.29 is 4.79 Å². The number of rotatable bonds is 6. The molecule has 104 valence electrons. The third-order valence-electron chi connectivity index (χ3n) is 3.39. The maximum Gasteiger partial charge on any atom is 0.193 e. The van der Waals surface area contributed by atoms with Crippen LogP contribution < -0.4 is 0 Å². The highest BCUT2D eigenvalue weighted by atomic mass is 79.9. The zero-order valence-corrected chi connectivity index (χ0v) is 13.3. The van der Waals surface area contributed by atoms with Crippen LogP contribution in [0.1, 0.15) is 47.7 Å². The first-order valence-electron chi connectivity index (χ1n) is 7.10. The zero-order chi connectivity index (χ0) is 14.4. The fourth-order valence-corrected chi connectivity index (χ4v) is 2.43. The molecule has 0 bridgehead atoms. The number of benzene rings is 2. The monoisotopic (exact) mass is 330 g/mol. The largest absolute Gasteiger partial charge is 0.289 e. The number of aryl methyl sites for hydroxylation is 1. The molecule has 20 heavy (non-hydrogen) atoms. The minimum atomic E-state index is 0.0811. The van der Waals surface area contributed by atoms with Gasteiger partial charge in [-0.05, 0) is 42.7 Å². The molecular weight excluding hydrogens is 312 g/mol. The van der Waals surface area contributed by atoms with Crippen molar-refractivity contribution in [3.05, 3.63) is 69.7 Å². The Morgan fingerprint density at radius 3 is 2.00 bits per heavy atom. The van der Waals surface area contributed by atoms with Gasteiger partial charge < -0.3 is 0 Å². The van der Waals surface area contributed by atoms with Crippen LogP contribution in [0.3, 0.4) is 0 Å². The summed E-state index contributed by atoms with van der Waals surface area (Å²) in [5.41, 5.74) is 2.80. The van der Waals surface area contributed by atoms with Crippen LogP contribution in [-0.4, -0.2) is 5.78 Å². The van der Waals surface area contributed by atoms with Crippen LogP contribution in [0.2, 0.25) is 0 Å². The van der Waals surface area contributed by atoms with Gasteiger partial charge in [-0.25, -0.2) is 0 Å². The van der Waals surface area contributed by atoms with E-state index in [0.717, 1.165) is 22.0 Å². The van der Waals surface area contributed by atoms with Crippen LogP contribution in [-0.2, 0) is 6.42 Å². The van der Waals surface area contributed by atoms with Gasteiger partial charge in [0, 0.05) is 15.6 Å². The Kier molecular flexibility index (Phi) is 5.54. The molecule has 0 amide bonds. The van der Waals surface area contributed by atoms with Gasteiger partial charge in [0.1, 0.15) is 0 Å². The Balaban J connectivity index is 2.05. The van der Waals surface area contributed by atoms with Gasteiger partial charge in [0.15, 0.2) is 5.78 Å². The molecule has 1 nitrogen and oxygen atoms in total. The second kappa shape index (κ2) is 7.39. The minimum absolute atomic E-state index is 0.0811. The summed E-state index contributed by atoms with van der Waals surface area (Å²) in [6.07, 6.45) is 4.82. The van der Waals surface area contributed by atoms with E-state index in [0.29, 0.717) is 0 Å². The van der Waals surface area contributed by atoms with Crippen molar-refractivity contribution in [3.8, 4) is 0 Å². The Morgan fingerprint density at radius 1 is 0.900 bits per heavy atom. The van der Waals surface area contributed by atoms with Crippen molar-refractivity contribution in [1.29, 1.82) is 0 Å². The Hall–Kier alpha value is -1.41. The third-order valence-corrected chi connectivity index (χ3v) is 3.92. The second-order valence-corrected chi connectivity index (χ2v) is 5.91. The molecule has 0 aliphatic heterocycles. The first kappa shape index (κ1) is 15.0. The molecule has 0 aliphatic rings. The molecule has 0 fully saturated rings. The van der Waals surface area contributed by atoms with Crippen molar-refractivity contribution >= 4 is 21.7 Å². The van der Waals surface area contributed by atoms with Crippen molar-refractivity contribution in [3.63, 3.8) is 0 Å². The first-order chi connectivity index (χ1) is 9.70. The molecule has 0 heterocycles. The highest BCUT2D eigenvalue weighted by molar-refractivity contribution is 9.10. The molecule has 0 saturated carbocycles. The van der Waals surface area contributed by atoms with E-state index < -0.39 is 0 Å². The average Bonchev–Trinajstić information content (AvgIpc) is 2.48. The van der Waals surface area contributed by atoms with E-state index in [1.54, 1.807) is 0 Å². The standard InChI is InChI=1S/C18H19BrO/c1-2-3-4-5-14-6-8-15(9-7-14)18(20)16-10-12-17(19)13-11-16/h6-13H,2-5H2,1H3. The van der Waals surface area contributed by atoms with Crippen LogP contribution >= 0.6 is 15.9 Å². The van der Waals surface area contributed by atoms with Gasteiger partial charge in [-0.1, -0.05) is 60.0 Å². The highest BCUT2D eigenvalue weighted by Crippen LogP contribution is 2.15. The molecule has 0 aliphatic carbocycles. The maximum absolute atomic E-state index is 12.3. The fraction of sp³-hybridized carbons (Fsp3) is 0.278. The summed E-state index contributed by atoms with van der Waals surface area (Å²) < 4.78 is 0.986. The van der Waals surface area contributed by atoms with Gasteiger partial charge in [0.2, 0.25) is 0 Å². The molecular formula is C18H19BrO. The van der Waals surface area contributed by atoms with Gasteiger partial charge in [0.25, 0.3) is 0 Å². The van der Waals surface area contributed by atoms with E-state index in [1.165, 1.54) is 24.8 Å². The van der Waals surface area contributed by atoms with Crippen LogP contribution in [0.4, 0.5) is 0 Å². The quantitative estimate of drug-likeness (QED) is 0.511. The van der Waals surface area contributed by atoms with E-state index in [9.17, 15) is 4.79 Å². The Bertz CT molecular complexity index is 555. The number of halogens is 1. The summed E-state index contributed by atoms with van der Waals surface area (Å²) in [6.45, 7) is 2.21. The minimum Gasteiger partial charge on any atom is -0.289 e. The summed E-state index contributed by atoms with van der Waals surface area (Å²) in [7, 11) is 0. The van der Waals surface area contributed by atoms with Gasteiger partial charge in [0.05, 0.1) is 0 Å². The van der Waals surface area contributed by atoms with Crippen molar-refractivity contribution in [2.24, 2.45) is 0 Å². The molecule has 2 heteroatoms. The lowest BCUT2D eigenvalue weighted by Gasteiger charge is -2.04. The molecule has 2 aromatic carbocycles. The normalized spacial score (nSPS) is 10.5.